The van der Waals surface area contributed by atoms with Crippen LogP contribution >= 0.6 is 0 Å². The topological polar surface area (TPSA) is 119 Å². The molecule has 28 heavy (non-hydrogen) atoms. The summed E-state index contributed by atoms with van der Waals surface area (Å²) in [6, 6.07) is 9.17. The van der Waals surface area contributed by atoms with E-state index >= 15 is 0 Å². The van der Waals surface area contributed by atoms with Gasteiger partial charge in [0.2, 0.25) is 6.10 Å². The highest BCUT2D eigenvalue weighted by molar-refractivity contribution is 5.96. The number of para-hydroxylation sites is 2. The second-order valence-electron chi connectivity index (χ2n) is 6.52. The van der Waals surface area contributed by atoms with Gasteiger partial charge in [0.15, 0.2) is 17.3 Å². The molecule has 1 aliphatic rings. The minimum absolute atomic E-state index is 0.0154. The lowest BCUT2D eigenvalue weighted by Gasteiger charge is -2.26. The van der Waals surface area contributed by atoms with Crippen LogP contribution in [0.15, 0.2) is 47.1 Å². The van der Waals surface area contributed by atoms with Gasteiger partial charge in [-0.3, -0.25) is 25.2 Å². The number of amides is 3. The second-order valence-corrected chi connectivity index (χ2v) is 6.52. The van der Waals surface area contributed by atoms with Crippen molar-refractivity contribution in [1.82, 2.24) is 16.2 Å². The van der Waals surface area contributed by atoms with Crippen molar-refractivity contribution in [3.05, 3.63) is 48.4 Å². The molecule has 0 unspecified atom stereocenters. The molecule has 0 aliphatic carbocycles. The van der Waals surface area contributed by atoms with Gasteiger partial charge in [-0.2, -0.15) is 0 Å². The first kappa shape index (κ1) is 19.3. The summed E-state index contributed by atoms with van der Waals surface area (Å²) in [7, 11) is 0. The molecule has 0 spiro atoms. The number of ether oxygens (including phenoxy) is 2. The van der Waals surface area contributed by atoms with E-state index in [9.17, 15) is 14.4 Å². The molecule has 1 aromatic carbocycles. The minimum Gasteiger partial charge on any atom is -0.485 e. The molecule has 1 aromatic heterocycles. The lowest BCUT2D eigenvalue weighted by atomic mass is 10.0. The third-order valence-corrected chi connectivity index (χ3v) is 4.09. The van der Waals surface area contributed by atoms with Crippen molar-refractivity contribution in [3.8, 4) is 11.5 Å². The molecule has 2 atom stereocenters. The molecule has 3 N–H and O–H groups in total. The van der Waals surface area contributed by atoms with Crippen molar-refractivity contribution >= 4 is 17.7 Å². The average molecular weight is 387 g/mol. The monoisotopic (exact) mass is 387 g/mol. The number of carbonyl (C=O) groups is 3. The Morgan fingerprint density at radius 2 is 1.79 bits per heavy atom. The maximum atomic E-state index is 12.4. The number of furan rings is 1. The first-order chi connectivity index (χ1) is 13.5. The van der Waals surface area contributed by atoms with Gasteiger partial charge in [0, 0.05) is 0 Å². The van der Waals surface area contributed by atoms with Gasteiger partial charge in [0.25, 0.3) is 17.7 Å². The maximum absolute atomic E-state index is 12.4. The number of hydrazine groups is 1. The van der Waals surface area contributed by atoms with Crippen LogP contribution in [0, 0.1) is 5.92 Å². The standard InChI is InChI=1S/C19H21N3O6/c1-11(2)16(20-17(23)14-8-5-9-26-14)19(25)22-21-18(24)15-10-27-12-6-3-4-7-13(12)28-15/h3-9,11,15-16H,10H2,1-2H3,(H,20,23)(H,21,24)(H,22,25)/t15-,16-/m1/s1. The molecule has 3 amide bonds. The molecule has 0 saturated carbocycles. The molecule has 0 radical (unpaired) electrons. The Balaban J connectivity index is 1.54. The van der Waals surface area contributed by atoms with Gasteiger partial charge in [-0.25, -0.2) is 0 Å². The number of hydrogen-bond acceptors (Lipinski definition) is 6. The van der Waals surface area contributed by atoms with E-state index in [1.54, 1.807) is 44.2 Å². The number of benzene rings is 1. The van der Waals surface area contributed by atoms with Crippen LogP contribution in [0.3, 0.4) is 0 Å². The van der Waals surface area contributed by atoms with Crippen LogP contribution in [-0.4, -0.2) is 36.5 Å². The Bertz CT molecular complexity index is 849. The molecule has 9 heteroatoms. The van der Waals surface area contributed by atoms with Crippen LogP contribution in [0.1, 0.15) is 24.4 Å². The summed E-state index contributed by atoms with van der Waals surface area (Å²) in [5, 5.41) is 2.58. The van der Waals surface area contributed by atoms with Crippen molar-refractivity contribution in [2.24, 2.45) is 5.92 Å². The number of carbonyl (C=O) groups excluding carboxylic acids is 3. The summed E-state index contributed by atoms with van der Waals surface area (Å²) in [6.07, 6.45) is 0.453. The van der Waals surface area contributed by atoms with E-state index in [-0.39, 0.29) is 18.3 Å². The molecule has 2 aromatic rings. The van der Waals surface area contributed by atoms with E-state index in [0.29, 0.717) is 11.5 Å². The lowest BCUT2D eigenvalue weighted by Crippen LogP contribution is -2.57. The van der Waals surface area contributed by atoms with E-state index in [2.05, 4.69) is 16.2 Å². The van der Waals surface area contributed by atoms with Crippen LogP contribution in [0.25, 0.3) is 0 Å². The molecule has 0 saturated heterocycles. The number of nitrogens with one attached hydrogen (secondary N) is 3. The van der Waals surface area contributed by atoms with Gasteiger partial charge in [0.1, 0.15) is 12.6 Å². The van der Waals surface area contributed by atoms with Crippen LogP contribution < -0.4 is 25.6 Å². The summed E-state index contributed by atoms with van der Waals surface area (Å²) in [5.41, 5.74) is 4.62. The van der Waals surface area contributed by atoms with Crippen LogP contribution in [0.5, 0.6) is 11.5 Å². The number of hydrogen-bond donors (Lipinski definition) is 3. The predicted octanol–water partition coefficient (Wildman–Crippen LogP) is 1.02. The quantitative estimate of drug-likeness (QED) is 0.659. The molecule has 0 bridgehead atoms. The zero-order valence-electron chi connectivity index (χ0n) is 15.4. The predicted molar refractivity (Wildman–Crippen MR) is 97.4 cm³/mol. The number of fused-ring (bicyclic) bond motifs is 1. The summed E-state index contributed by atoms with van der Waals surface area (Å²) in [6.45, 7) is 3.55. The Morgan fingerprint density at radius 1 is 1.04 bits per heavy atom. The van der Waals surface area contributed by atoms with E-state index in [1.165, 1.54) is 12.3 Å². The third kappa shape index (κ3) is 4.43. The van der Waals surface area contributed by atoms with Crippen molar-refractivity contribution in [3.63, 3.8) is 0 Å². The summed E-state index contributed by atoms with van der Waals surface area (Å²) < 4.78 is 16.1. The molecule has 0 fully saturated rings. The van der Waals surface area contributed by atoms with Gasteiger partial charge in [-0.05, 0) is 30.2 Å². The first-order valence-corrected chi connectivity index (χ1v) is 8.78. The summed E-state index contributed by atoms with van der Waals surface area (Å²) in [4.78, 5) is 36.8. The summed E-state index contributed by atoms with van der Waals surface area (Å²) >= 11 is 0. The van der Waals surface area contributed by atoms with E-state index < -0.39 is 29.9 Å². The van der Waals surface area contributed by atoms with Crippen LogP contribution in [0.4, 0.5) is 0 Å². The smallest absolute Gasteiger partial charge is 0.287 e. The maximum Gasteiger partial charge on any atom is 0.287 e. The van der Waals surface area contributed by atoms with E-state index in [4.69, 9.17) is 13.9 Å². The van der Waals surface area contributed by atoms with Crippen LogP contribution in [0.2, 0.25) is 0 Å². The van der Waals surface area contributed by atoms with Gasteiger partial charge >= 0.3 is 0 Å². The van der Waals surface area contributed by atoms with Crippen molar-refractivity contribution in [2.45, 2.75) is 26.0 Å². The molecular formula is C19H21N3O6. The van der Waals surface area contributed by atoms with Gasteiger partial charge < -0.3 is 19.2 Å². The van der Waals surface area contributed by atoms with E-state index in [0.717, 1.165) is 0 Å². The Morgan fingerprint density at radius 3 is 2.46 bits per heavy atom. The average Bonchev–Trinajstić information content (AvgIpc) is 3.24. The van der Waals surface area contributed by atoms with Crippen LogP contribution in [-0.2, 0) is 9.59 Å². The highest BCUT2D eigenvalue weighted by Crippen LogP contribution is 2.30. The molecular weight excluding hydrogens is 366 g/mol. The molecule has 2 heterocycles. The fourth-order valence-electron chi connectivity index (χ4n) is 2.59. The lowest BCUT2D eigenvalue weighted by molar-refractivity contribution is -0.135. The zero-order chi connectivity index (χ0) is 20.1. The Labute approximate surface area is 161 Å². The van der Waals surface area contributed by atoms with Gasteiger partial charge in [-0.1, -0.05) is 26.0 Å². The highest BCUT2D eigenvalue weighted by atomic mass is 16.6. The second kappa shape index (κ2) is 8.47. The zero-order valence-corrected chi connectivity index (χ0v) is 15.4. The number of rotatable bonds is 5. The molecule has 1 aliphatic heterocycles. The Hall–Kier alpha value is -3.49. The normalized spacial score (nSPS) is 16.2. The first-order valence-electron chi connectivity index (χ1n) is 8.78. The highest BCUT2D eigenvalue weighted by Gasteiger charge is 2.30. The van der Waals surface area contributed by atoms with Gasteiger partial charge in [-0.15, -0.1) is 0 Å². The van der Waals surface area contributed by atoms with Crippen molar-refractivity contribution < 1.29 is 28.3 Å². The minimum atomic E-state index is -0.912. The fourth-order valence-corrected chi connectivity index (χ4v) is 2.59. The largest absolute Gasteiger partial charge is 0.485 e. The van der Waals surface area contributed by atoms with Gasteiger partial charge in [0.05, 0.1) is 6.26 Å². The van der Waals surface area contributed by atoms with Crippen molar-refractivity contribution in [2.75, 3.05) is 6.61 Å². The Kier molecular flexibility index (Phi) is 5.83. The summed E-state index contributed by atoms with van der Waals surface area (Å²) in [5.74, 6) is -0.790. The fraction of sp³-hybridized carbons (Fsp3) is 0.316. The SMILES string of the molecule is CC(C)[C@@H](NC(=O)c1ccco1)C(=O)NNC(=O)[C@H]1COc2ccccc2O1. The molecule has 148 valence electrons. The molecule has 9 nitrogen and oxygen atoms in total. The third-order valence-electron chi connectivity index (χ3n) is 4.09. The van der Waals surface area contributed by atoms with Crippen molar-refractivity contribution in [1.29, 1.82) is 0 Å². The van der Waals surface area contributed by atoms with E-state index in [1.807, 2.05) is 0 Å². The molecule has 3 rings (SSSR count).